The Morgan fingerprint density at radius 2 is 2.00 bits per heavy atom. The Bertz CT molecular complexity index is 779. The molecule has 0 heterocycles. The lowest BCUT2D eigenvalue weighted by Crippen LogP contribution is -2.16. The van der Waals surface area contributed by atoms with Gasteiger partial charge in [0.1, 0.15) is 5.82 Å². The fourth-order valence-electron chi connectivity index (χ4n) is 1.94. The van der Waals surface area contributed by atoms with Gasteiger partial charge in [0.05, 0.1) is 15.6 Å². The van der Waals surface area contributed by atoms with Gasteiger partial charge in [0.15, 0.2) is 0 Å². The van der Waals surface area contributed by atoms with Gasteiger partial charge in [-0.3, -0.25) is 4.72 Å². The first-order valence-electron chi connectivity index (χ1n) is 6.11. The van der Waals surface area contributed by atoms with Gasteiger partial charge in [-0.05, 0) is 42.3 Å². The number of hydrogen-bond acceptors (Lipinski definition) is 3. The summed E-state index contributed by atoms with van der Waals surface area (Å²) >= 11 is 5.83. The quantitative estimate of drug-likeness (QED) is 0.906. The van der Waals surface area contributed by atoms with Crippen LogP contribution in [0.4, 0.5) is 10.1 Å². The highest BCUT2D eigenvalue weighted by Crippen LogP contribution is 2.27. The van der Waals surface area contributed by atoms with Crippen molar-refractivity contribution in [3.05, 3.63) is 58.4 Å². The molecule has 2 aromatic rings. The van der Waals surface area contributed by atoms with Crippen LogP contribution in [0.1, 0.15) is 11.1 Å². The summed E-state index contributed by atoms with van der Waals surface area (Å²) in [5.41, 5.74) is 7.01. The lowest BCUT2D eigenvalue weighted by atomic mass is 10.1. The number of halogens is 2. The molecule has 0 fully saturated rings. The Morgan fingerprint density at radius 1 is 1.29 bits per heavy atom. The molecule has 2 rings (SSSR count). The molecular formula is C14H14ClFN2O2S. The standard InChI is InChI=1S/C14H14ClFN2O2S/c1-9-10(8-17)3-2-4-14(9)21(19,20)18-13-6-5-11(16)7-12(13)15/h2-7,18H,8,17H2,1H3. The van der Waals surface area contributed by atoms with Gasteiger partial charge in [0.2, 0.25) is 0 Å². The second-order valence-corrected chi connectivity index (χ2v) is 6.53. The van der Waals surface area contributed by atoms with Crippen molar-refractivity contribution in [3.8, 4) is 0 Å². The molecule has 0 spiro atoms. The van der Waals surface area contributed by atoms with Crippen molar-refractivity contribution in [2.45, 2.75) is 18.4 Å². The summed E-state index contributed by atoms with van der Waals surface area (Å²) in [4.78, 5) is 0.117. The van der Waals surface area contributed by atoms with Crippen molar-refractivity contribution >= 4 is 27.3 Å². The molecule has 0 saturated heterocycles. The van der Waals surface area contributed by atoms with E-state index in [1.165, 1.54) is 12.1 Å². The molecule has 0 radical (unpaired) electrons. The molecule has 0 saturated carbocycles. The van der Waals surface area contributed by atoms with E-state index in [0.717, 1.165) is 17.7 Å². The first kappa shape index (κ1) is 15.8. The number of nitrogens with two attached hydrogens (primary N) is 1. The number of nitrogens with one attached hydrogen (secondary N) is 1. The van der Waals surface area contributed by atoms with E-state index in [0.29, 0.717) is 5.56 Å². The molecule has 7 heteroatoms. The van der Waals surface area contributed by atoms with Crippen LogP contribution in [0.25, 0.3) is 0 Å². The van der Waals surface area contributed by atoms with Gasteiger partial charge in [-0.25, -0.2) is 12.8 Å². The summed E-state index contributed by atoms with van der Waals surface area (Å²) in [5, 5.41) is -0.00814. The second-order valence-electron chi connectivity index (χ2n) is 4.47. The maximum atomic E-state index is 13.0. The minimum Gasteiger partial charge on any atom is -0.326 e. The van der Waals surface area contributed by atoms with Crippen LogP contribution in [0, 0.1) is 12.7 Å². The number of anilines is 1. The predicted octanol–water partition coefficient (Wildman–Crippen LogP) is 3.05. The van der Waals surface area contributed by atoms with Gasteiger partial charge >= 0.3 is 0 Å². The van der Waals surface area contributed by atoms with Gasteiger partial charge < -0.3 is 5.73 Å². The number of hydrogen-bond donors (Lipinski definition) is 2. The lowest BCUT2D eigenvalue weighted by molar-refractivity contribution is 0.600. The molecule has 0 aromatic heterocycles. The summed E-state index contributed by atoms with van der Waals surface area (Å²) < 4.78 is 40.2. The summed E-state index contributed by atoms with van der Waals surface area (Å²) in [5.74, 6) is -0.538. The highest BCUT2D eigenvalue weighted by atomic mass is 35.5. The third-order valence-corrected chi connectivity index (χ3v) is 4.90. The summed E-state index contributed by atoms with van der Waals surface area (Å²) in [7, 11) is -3.82. The molecule has 112 valence electrons. The molecule has 0 bridgehead atoms. The predicted molar refractivity (Wildman–Crippen MR) is 81.3 cm³/mol. The van der Waals surface area contributed by atoms with E-state index >= 15 is 0 Å². The van der Waals surface area contributed by atoms with Crippen molar-refractivity contribution < 1.29 is 12.8 Å². The molecule has 2 aromatic carbocycles. The first-order valence-corrected chi connectivity index (χ1v) is 7.97. The van der Waals surface area contributed by atoms with Gasteiger partial charge in [-0.1, -0.05) is 23.7 Å². The minimum atomic E-state index is -3.82. The van der Waals surface area contributed by atoms with Crippen LogP contribution in [0.5, 0.6) is 0 Å². The van der Waals surface area contributed by atoms with E-state index < -0.39 is 15.8 Å². The second kappa shape index (κ2) is 6.01. The smallest absolute Gasteiger partial charge is 0.262 e. The molecule has 0 aliphatic rings. The van der Waals surface area contributed by atoms with Crippen molar-refractivity contribution in [1.29, 1.82) is 0 Å². The van der Waals surface area contributed by atoms with Crippen LogP contribution in [0.3, 0.4) is 0 Å². The summed E-state index contributed by atoms with van der Waals surface area (Å²) in [6.07, 6.45) is 0. The normalized spacial score (nSPS) is 11.4. The average Bonchev–Trinajstić information content (AvgIpc) is 2.42. The topological polar surface area (TPSA) is 72.2 Å². The third kappa shape index (κ3) is 3.34. The monoisotopic (exact) mass is 328 g/mol. The molecular weight excluding hydrogens is 315 g/mol. The van der Waals surface area contributed by atoms with Crippen molar-refractivity contribution in [3.63, 3.8) is 0 Å². The van der Waals surface area contributed by atoms with Crippen molar-refractivity contribution in [2.75, 3.05) is 4.72 Å². The fraction of sp³-hybridized carbons (Fsp3) is 0.143. The molecule has 0 amide bonds. The zero-order valence-corrected chi connectivity index (χ0v) is 12.8. The Balaban J connectivity index is 2.43. The first-order chi connectivity index (χ1) is 9.85. The number of rotatable bonds is 4. The highest BCUT2D eigenvalue weighted by Gasteiger charge is 2.19. The Kier molecular flexibility index (Phi) is 4.51. The number of benzene rings is 2. The van der Waals surface area contributed by atoms with Crippen LogP contribution in [-0.4, -0.2) is 8.42 Å². The molecule has 0 aliphatic carbocycles. The van der Waals surface area contributed by atoms with Gasteiger partial charge in [-0.2, -0.15) is 0 Å². The van der Waals surface area contributed by atoms with Gasteiger partial charge in [0, 0.05) is 6.54 Å². The minimum absolute atomic E-state index is 0.00814. The van der Waals surface area contributed by atoms with E-state index in [2.05, 4.69) is 4.72 Å². The van der Waals surface area contributed by atoms with E-state index in [-0.39, 0.29) is 22.2 Å². The highest BCUT2D eigenvalue weighted by molar-refractivity contribution is 7.92. The summed E-state index contributed by atoms with van der Waals surface area (Å²) in [6.45, 7) is 1.93. The maximum absolute atomic E-state index is 13.0. The van der Waals surface area contributed by atoms with E-state index in [1.54, 1.807) is 19.1 Å². The zero-order chi connectivity index (χ0) is 15.6. The summed E-state index contributed by atoms with van der Waals surface area (Å²) in [6, 6.07) is 8.32. The number of sulfonamides is 1. The zero-order valence-electron chi connectivity index (χ0n) is 11.2. The SMILES string of the molecule is Cc1c(CN)cccc1S(=O)(=O)Nc1ccc(F)cc1Cl. The lowest BCUT2D eigenvalue weighted by Gasteiger charge is -2.13. The fourth-order valence-corrected chi connectivity index (χ4v) is 3.58. The van der Waals surface area contributed by atoms with Gasteiger partial charge in [0.25, 0.3) is 10.0 Å². The maximum Gasteiger partial charge on any atom is 0.262 e. The average molecular weight is 329 g/mol. The van der Waals surface area contributed by atoms with Crippen LogP contribution in [-0.2, 0) is 16.6 Å². The Morgan fingerprint density at radius 3 is 2.62 bits per heavy atom. The molecule has 4 nitrogen and oxygen atoms in total. The van der Waals surface area contributed by atoms with Crippen LogP contribution in [0.15, 0.2) is 41.3 Å². The molecule has 0 unspecified atom stereocenters. The van der Waals surface area contributed by atoms with Crippen LogP contribution < -0.4 is 10.5 Å². The molecule has 0 atom stereocenters. The van der Waals surface area contributed by atoms with Gasteiger partial charge in [-0.15, -0.1) is 0 Å². The molecule has 21 heavy (non-hydrogen) atoms. The third-order valence-electron chi connectivity index (χ3n) is 3.08. The van der Waals surface area contributed by atoms with E-state index in [9.17, 15) is 12.8 Å². The van der Waals surface area contributed by atoms with Crippen molar-refractivity contribution in [2.24, 2.45) is 5.73 Å². The van der Waals surface area contributed by atoms with E-state index in [1.807, 2.05) is 0 Å². The molecule has 0 aliphatic heterocycles. The van der Waals surface area contributed by atoms with Crippen LogP contribution in [0.2, 0.25) is 5.02 Å². The van der Waals surface area contributed by atoms with Crippen molar-refractivity contribution in [1.82, 2.24) is 0 Å². The Labute approximate surface area is 127 Å². The van der Waals surface area contributed by atoms with E-state index in [4.69, 9.17) is 17.3 Å². The molecule has 3 N–H and O–H groups in total. The largest absolute Gasteiger partial charge is 0.326 e. The Hall–Kier alpha value is -1.63. The van der Waals surface area contributed by atoms with Crippen LogP contribution >= 0.6 is 11.6 Å².